The minimum atomic E-state index is 0.259. The summed E-state index contributed by atoms with van der Waals surface area (Å²) in [5.74, 6) is 0. The third kappa shape index (κ3) is 4.15. The molecule has 2 heteroatoms. The first-order valence-electron chi connectivity index (χ1n) is 6.05. The zero-order chi connectivity index (χ0) is 12.0. The highest BCUT2D eigenvalue weighted by Gasteiger charge is 2.04. The van der Waals surface area contributed by atoms with Crippen LogP contribution in [0.5, 0.6) is 0 Å². The molecule has 0 aromatic heterocycles. The number of nitrogens with one attached hydrogen (secondary N) is 1. The van der Waals surface area contributed by atoms with Gasteiger partial charge in [0.1, 0.15) is 0 Å². The van der Waals surface area contributed by atoms with Crippen LogP contribution in [0.1, 0.15) is 36.5 Å². The number of aryl methyl sites for hydroxylation is 2. The quantitative estimate of drug-likeness (QED) is 0.745. The number of hydrogen-bond acceptors (Lipinski definition) is 1. The summed E-state index contributed by atoms with van der Waals surface area (Å²) in [6, 6.07) is 6.43. The molecule has 0 radical (unpaired) electrons. The standard InChI is InChI=1S/C14H22ClN/c1-4-6-13(15)9-16-10-14-11(2)7-5-8-12(14)3/h5,7-8,13,16H,4,6,9-10H2,1-3H3. The Balaban J connectivity index is 2.43. The van der Waals surface area contributed by atoms with E-state index in [-0.39, 0.29) is 5.38 Å². The first kappa shape index (κ1) is 13.5. The average Bonchev–Trinajstić information content (AvgIpc) is 2.23. The van der Waals surface area contributed by atoms with Crippen molar-refractivity contribution in [2.24, 2.45) is 0 Å². The Hall–Kier alpha value is -0.530. The average molecular weight is 240 g/mol. The molecule has 1 aromatic rings. The summed E-state index contributed by atoms with van der Waals surface area (Å²) in [6.45, 7) is 8.30. The van der Waals surface area contributed by atoms with Gasteiger partial charge in [0.25, 0.3) is 0 Å². The molecular weight excluding hydrogens is 218 g/mol. The molecule has 1 N–H and O–H groups in total. The fourth-order valence-corrected chi connectivity index (χ4v) is 2.22. The molecule has 16 heavy (non-hydrogen) atoms. The highest BCUT2D eigenvalue weighted by atomic mass is 35.5. The Morgan fingerprint density at radius 1 is 1.25 bits per heavy atom. The fraction of sp³-hybridized carbons (Fsp3) is 0.571. The van der Waals surface area contributed by atoms with E-state index in [1.54, 1.807) is 0 Å². The highest BCUT2D eigenvalue weighted by molar-refractivity contribution is 6.20. The van der Waals surface area contributed by atoms with Crippen LogP contribution in [0.4, 0.5) is 0 Å². The molecule has 0 heterocycles. The molecule has 90 valence electrons. The lowest BCUT2D eigenvalue weighted by Gasteiger charge is -2.13. The number of alkyl halides is 1. The summed E-state index contributed by atoms with van der Waals surface area (Å²) < 4.78 is 0. The van der Waals surface area contributed by atoms with Crippen molar-refractivity contribution in [3.8, 4) is 0 Å². The second-order valence-corrected chi connectivity index (χ2v) is 5.00. The molecule has 1 unspecified atom stereocenters. The monoisotopic (exact) mass is 239 g/mol. The molecular formula is C14H22ClN. The van der Waals surface area contributed by atoms with Gasteiger partial charge in [-0.3, -0.25) is 0 Å². The largest absolute Gasteiger partial charge is 0.311 e. The van der Waals surface area contributed by atoms with Gasteiger partial charge in [-0.1, -0.05) is 31.5 Å². The van der Waals surface area contributed by atoms with Crippen molar-refractivity contribution in [2.75, 3.05) is 6.54 Å². The van der Waals surface area contributed by atoms with E-state index in [0.29, 0.717) is 0 Å². The van der Waals surface area contributed by atoms with Crippen LogP contribution < -0.4 is 5.32 Å². The van der Waals surface area contributed by atoms with Crippen molar-refractivity contribution in [3.63, 3.8) is 0 Å². The molecule has 0 aliphatic heterocycles. The van der Waals surface area contributed by atoms with Gasteiger partial charge in [-0.25, -0.2) is 0 Å². The van der Waals surface area contributed by atoms with E-state index in [1.807, 2.05) is 0 Å². The van der Waals surface area contributed by atoms with E-state index < -0.39 is 0 Å². The molecule has 0 aliphatic rings. The van der Waals surface area contributed by atoms with Crippen LogP contribution in [0, 0.1) is 13.8 Å². The third-order valence-corrected chi connectivity index (χ3v) is 3.29. The molecule has 1 atom stereocenters. The Kier molecular flexibility index (Phi) is 5.86. The topological polar surface area (TPSA) is 12.0 Å². The first-order valence-corrected chi connectivity index (χ1v) is 6.48. The molecule has 0 saturated carbocycles. The zero-order valence-corrected chi connectivity index (χ0v) is 11.3. The van der Waals surface area contributed by atoms with Gasteiger partial charge in [0.2, 0.25) is 0 Å². The van der Waals surface area contributed by atoms with Crippen LogP contribution in [-0.4, -0.2) is 11.9 Å². The maximum atomic E-state index is 6.16. The Bertz CT molecular complexity index is 302. The lowest BCUT2D eigenvalue weighted by atomic mass is 10.0. The number of rotatable bonds is 6. The third-order valence-electron chi connectivity index (χ3n) is 2.91. The molecule has 1 aromatic carbocycles. The maximum Gasteiger partial charge on any atom is 0.0460 e. The number of benzene rings is 1. The maximum absolute atomic E-state index is 6.16. The number of hydrogen-bond donors (Lipinski definition) is 1. The molecule has 0 aliphatic carbocycles. The van der Waals surface area contributed by atoms with Gasteiger partial charge >= 0.3 is 0 Å². The van der Waals surface area contributed by atoms with Crippen LogP contribution in [0.3, 0.4) is 0 Å². The van der Waals surface area contributed by atoms with Crippen molar-refractivity contribution in [3.05, 3.63) is 34.9 Å². The number of halogens is 1. The van der Waals surface area contributed by atoms with Gasteiger partial charge in [0.15, 0.2) is 0 Å². The van der Waals surface area contributed by atoms with Crippen molar-refractivity contribution < 1.29 is 0 Å². The predicted molar refractivity (Wildman–Crippen MR) is 72.2 cm³/mol. The van der Waals surface area contributed by atoms with Crippen LogP contribution in [0.15, 0.2) is 18.2 Å². The summed E-state index contributed by atoms with van der Waals surface area (Å²) in [6.07, 6.45) is 2.24. The van der Waals surface area contributed by atoms with Gasteiger partial charge in [0, 0.05) is 18.5 Å². The molecule has 0 fully saturated rings. The van der Waals surface area contributed by atoms with Crippen molar-refractivity contribution in [1.29, 1.82) is 0 Å². The molecule has 0 spiro atoms. The molecule has 0 bridgehead atoms. The normalized spacial score (nSPS) is 12.8. The summed E-state index contributed by atoms with van der Waals surface area (Å²) in [5, 5.41) is 3.69. The Morgan fingerprint density at radius 2 is 1.88 bits per heavy atom. The molecule has 0 amide bonds. The summed E-state index contributed by atoms with van der Waals surface area (Å²) >= 11 is 6.16. The minimum Gasteiger partial charge on any atom is -0.311 e. The first-order chi connectivity index (χ1) is 7.65. The summed E-state index contributed by atoms with van der Waals surface area (Å²) in [4.78, 5) is 0. The van der Waals surface area contributed by atoms with E-state index in [2.05, 4.69) is 44.3 Å². The van der Waals surface area contributed by atoms with Gasteiger partial charge < -0.3 is 5.32 Å². The van der Waals surface area contributed by atoms with Crippen LogP contribution in [0.25, 0.3) is 0 Å². The van der Waals surface area contributed by atoms with Crippen molar-refractivity contribution in [1.82, 2.24) is 5.32 Å². The Labute approximate surface area is 104 Å². The zero-order valence-electron chi connectivity index (χ0n) is 10.5. The van der Waals surface area contributed by atoms with Crippen LogP contribution >= 0.6 is 11.6 Å². The van der Waals surface area contributed by atoms with Gasteiger partial charge in [-0.15, -0.1) is 11.6 Å². The second kappa shape index (κ2) is 6.93. The Morgan fingerprint density at radius 3 is 2.44 bits per heavy atom. The molecule has 1 nitrogen and oxygen atoms in total. The van der Waals surface area contributed by atoms with Gasteiger partial charge in [0.05, 0.1) is 0 Å². The van der Waals surface area contributed by atoms with E-state index in [9.17, 15) is 0 Å². The van der Waals surface area contributed by atoms with Gasteiger partial charge in [-0.2, -0.15) is 0 Å². The van der Waals surface area contributed by atoms with E-state index in [0.717, 1.165) is 25.9 Å². The van der Waals surface area contributed by atoms with E-state index in [4.69, 9.17) is 11.6 Å². The molecule has 0 saturated heterocycles. The van der Waals surface area contributed by atoms with Crippen molar-refractivity contribution >= 4 is 11.6 Å². The van der Waals surface area contributed by atoms with E-state index in [1.165, 1.54) is 16.7 Å². The lowest BCUT2D eigenvalue weighted by Crippen LogP contribution is -2.23. The predicted octanol–water partition coefficient (Wildman–Crippen LogP) is 3.80. The van der Waals surface area contributed by atoms with E-state index >= 15 is 0 Å². The van der Waals surface area contributed by atoms with Crippen molar-refractivity contribution in [2.45, 2.75) is 45.5 Å². The second-order valence-electron chi connectivity index (χ2n) is 4.39. The summed E-state index contributed by atoms with van der Waals surface area (Å²) in [7, 11) is 0. The fourth-order valence-electron chi connectivity index (χ4n) is 1.90. The smallest absolute Gasteiger partial charge is 0.0460 e. The highest BCUT2D eigenvalue weighted by Crippen LogP contribution is 2.13. The minimum absolute atomic E-state index is 0.259. The molecule has 1 rings (SSSR count). The lowest BCUT2D eigenvalue weighted by molar-refractivity contribution is 0.621. The SMILES string of the molecule is CCCC(Cl)CNCc1c(C)cccc1C. The summed E-state index contributed by atoms with van der Waals surface area (Å²) in [5.41, 5.74) is 4.12. The van der Waals surface area contributed by atoms with Crippen LogP contribution in [-0.2, 0) is 6.54 Å². The van der Waals surface area contributed by atoms with Gasteiger partial charge in [-0.05, 0) is 37.0 Å². The van der Waals surface area contributed by atoms with Crippen LogP contribution in [0.2, 0.25) is 0 Å².